The van der Waals surface area contributed by atoms with Gasteiger partial charge >= 0.3 is 0 Å². The van der Waals surface area contributed by atoms with Crippen LogP contribution in [0.25, 0.3) is 0 Å². The van der Waals surface area contributed by atoms with Gasteiger partial charge in [-0.15, -0.1) is 0 Å². The second-order valence-corrected chi connectivity index (χ2v) is 9.69. The fourth-order valence-electron chi connectivity index (χ4n) is 4.92. The summed E-state index contributed by atoms with van der Waals surface area (Å²) >= 11 is 6.08. The van der Waals surface area contributed by atoms with Crippen LogP contribution in [0.5, 0.6) is 0 Å². The van der Waals surface area contributed by atoms with E-state index in [1.165, 1.54) is 11.3 Å². The third kappa shape index (κ3) is 5.65. The van der Waals surface area contributed by atoms with Gasteiger partial charge in [-0.3, -0.25) is 4.79 Å². The Hall–Kier alpha value is -2.22. The highest BCUT2D eigenvalue weighted by Crippen LogP contribution is 2.37. The minimum atomic E-state index is -0.409. The fourth-order valence-corrected chi connectivity index (χ4v) is 5.05. The number of anilines is 1. The van der Waals surface area contributed by atoms with Gasteiger partial charge in [-0.05, 0) is 56.3 Å². The summed E-state index contributed by atoms with van der Waals surface area (Å²) in [6.07, 6.45) is 4.10. The second-order valence-electron chi connectivity index (χ2n) is 9.26. The number of benzene rings is 1. The quantitative estimate of drug-likeness (QED) is 0.576. The molecule has 0 saturated carbocycles. The topological polar surface area (TPSA) is 81.6 Å². The van der Waals surface area contributed by atoms with Crippen molar-refractivity contribution in [2.75, 3.05) is 44.2 Å². The number of piperazine rings is 1. The number of carbonyl (C=O) groups is 1. The first-order valence-electron chi connectivity index (χ1n) is 12.0. The maximum absolute atomic E-state index is 13.6. The summed E-state index contributed by atoms with van der Waals surface area (Å²) in [5.74, 6) is 1.45. The van der Waals surface area contributed by atoms with Crippen LogP contribution in [0.3, 0.4) is 0 Å². The highest BCUT2D eigenvalue weighted by atomic mass is 35.5. The predicted octanol–water partition coefficient (Wildman–Crippen LogP) is 2.97. The Bertz CT molecular complexity index is 944. The molecule has 1 aromatic carbocycles. The molecule has 4 rings (SSSR count). The number of aryl methyl sites for hydroxylation is 1. The lowest BCUT2D eigenvalue weighted by Crippen LogP contribution is -2.50. The van der Waals surface area contributed by atoms with E-state index in [9.17, 15) is 9.90 Å². The van der Waals surface area contributed by atoms with Gasteiger partial charge in [0.05, 0.1) is 12.0 Å². The van der Waals surface area contributed by atoms with Crippen molar-refractivity contribution in [1.82, 2.24) is 20.2 Å². The molecule has 1 aliphatic heterocycles. The summed E-state index contributed by atoms with van der Waals surface area (Å²) in [5.41, 5.74) is 3.45. The SMILES string of the molecule is CC(O)CNCC[C@@H](C(=O)N1CCN(c2ncnc3c2C(C)CC3)CC1)c1ccc(Cl)cc1. The van der Waals surface area contributed by atoms with E-state index in [0.717, 1.165) is 37.3 Å². The van der Waals surface area contributed by atoms with E-state index in [4.69, 9.17) is 11.6 Å². The first-order valence-corrected chi connectivity index (χ1v) is 12.3. The lowest BCUT2D eigenvalue weighted by Gasteiger charge is -2.38. The normalized spacial score (nSPS) is 19.9. The Labute approximate surface area is 201 Å². The Morgan fingerprint density at radius 2 is 1.94 bits per heavy atom. The van der Waals surface area contributed by atoms with Crippen molar-refractivity contribution in [2.45, 2.75) is 51.0 Å². The Balaban J connectivity index is 1.42. The number of amides is 1. The Kier molecular flexibility index (Phi) is 7.83. The highest BCUT2D eigenvalue weighted by Gasteiger charge is 2.31. The number of fused-ring (bicyclic) bond motifs is 1. The number of aliphatic hydroxyl groups excluding tert-OH is 1. The molecule has 2 heterocycles. The van der Waals surface area contributed by atoms with Crippen LogP contribution < -0.4 is 10.2 Å². The number of carbonyl (C=O) groups excluding carboxylic acids is 1. The molecule has 0 radical (unpaired) electrons. The van der Waals surface area contributed by atoms with Crippen LogP contribution in [0.15, 0.2) is 30.6 Å². The van der Waals surface area contributed by atoms with Crippen LogP contribution in [-0.2, 0) is 11.2 Å². The zero-order valence-corrected chi connectivity index (χ0v) is 20.3. The maximum atomic E-state index is 13.6. The number of hydrogen-bond acceptors (Lipinski definition) is 6. The third-order valence-electron chi connectivity index (χ3n) is 6.76. The Morgan fingerprint density at radius 1 is 1.21 bits per heavy atom. The summed E-state index contributed by atoms with van der Waals surface area (Å²) in [5, 5.41) is 13.4. The zero-order chi connectivity index (χ0) is 23.4. The predicted molar refractivity (Wildman–Crippen MR) is 131 cm³/mol. The van der Waals surface area contributed by atoms with Crippen LogP contribution in [0.4, 0.5) is 5.82 Å². The van der Waals surface area contributed by atoms with Crippen LogP contribution in [-0.4, -0.2) is 71.3 Å². The van der Waals surface area contributed by atoms with E-state index >= 15 is 0 Å². The van der Waals surface area contributed by atoms with Gasteiger partial charge in [0.2, 0.25) is 5.91 Å². The molecule has 0 bridgehead atoms. The number of nitrogens with one attached hydrogen (secondary N) is 1. The van der Waals surface area contributed by atoms with E-state index in [1.54, 1.807) is 13.3 Å². The van der Waals surface area contributed by atoms with E-state index in [2.05, 4.69) is 27.1 Å². The minimum absolute atomic E-state index is 0.150. The molecule has 2 N–H and O–H groups in total. The van der Waals surface area contributed by atoms with Crippen LogP contribution >= 0.6 is 11.6 Å². The van der Waals surface area contributed by atoms with Crippen molar-refractivity contribution < 1.29 is 9.90 Å². The van der Waals surface area contributed by atoms with Crippen molar-refractivity contribution in [3.63, 3.8) is 0 Å². The van der Waals surface area contributed by atoms with Gasteiger partial charge in [-0.25, -0.2) is 9.97 Å². The second kappa shape index (κ2) is 10.8. The molecule has 1 aromatic heterocycles. The number of aliphatic hydroxyl groups is 1. The standard InChI is InChI=1S/C25H34ClN5O2/c1-17-3-8-22-23(17)24(29-16-28-22)30-11-13-31(14-12-30)25(33)21(9-10-27-15-18(2)32)19-4-6-20(26)7-5-19/h4-7,16-18,21,27,32H,3,8-15H2,1-2H3/t17?,18?,21-/m1/s1. The van der Waals surface area contributed by atoms with Crippen molar-refractivity contribution in [1.29, 1.82) is 0 Å². The minimum Gasteiger partial charge on any atom is -0.392 e. The number of halogens is 1. The fraction of sp³-hybridized carbons (Fsp3) is 0.560. The molecule has 1 fully saturated rings. The van der Waals surface area contributed by atoms with Crippen molar-refractivity contribution >= 4 is 23.3 Å². The van der Waals surface area contributed by atoms with Gasteiger partial charge in [0.1, 0.15) is 12.1 Å². The van der Waals surface area contributed by atoms with Gasteiger partial charge in [-0.2, -0.15) is 0 Å². The molecule has 3 atom stereocenters. The molecular weight excluding hydrogens is 438 g/mol. The third-order valence-corrected chi connectivity index (χ3v) is 7.02. The molecular formula is C25H34ClN5O2. The van der Waals surface area contributed by atoms with Gasteiger partial charge in [-0.1, -0.05) is 30.7 Å². The summed E-state index contributed by atoms with van der Waals surface area (Å²) in [7, 11) is 0. The molecule has 8 heteroatoms. The van der Waals surface area contributed by atoms with Crippen LogP contribution in [0.2, 0.25) is 5.02 Å². The summed E-state index contributed by atoms with van der Waals surface area (Å²) < 4.78 is 0. The average Bonchev–Trinajstić information content (AvgIpc) is 3.20. The first-order chi connectivity index (χ1) is 15.9. The van der Waals surface area contributed by atoms with Crippen LogP contribution in [0, 0.1) is 0 Å². The van der Waals surface area contributed by atoms with E-state index in [-0.39, 0.29) is 11.8 Å². The van der Waals surface area contributed by atoms with E-state index in [1.807, 2.05) is 29.2 Å². The Morgan fingerprint density at radius 3 is 2.64 bits per heavy atom. The largest absolute Gasteiger partial charge is 0.392 e. The maximum Gasteiger partial charge on any atom is 0.230 e. The van der Waals surface area contributed by atoms with E-state index < -0.39 is 6.10 Å². The summed E-state index contributed by atoms with van der Waals surface area (Å²) in [4.78, 5) is 27.0. The average molecular weight is 472 g/mol. The molecule has 0 spiro atoms. The molecule has 1 aliphatic carbocycles. The highest BCUT2D eigenvalue weighted by molar-refractivity contribution is 6.30. The summed E-state index contributed by atoms with van der Waals surface area (Å²) in [6, 6.07) is 7.58. The van der Waals surface area contributed by atoms with E-state index in [0.29, 0.717) is 43.5 Å². The van der Waals surface area contributed by atoms with Gasteiger partial charge < -0.3 is 20.2 Å². The van der Waals surface area contributed by atoms with Gasteiger partial charge in [0.15, 0.2) is 0 Å². The number of rotatable bonds is 8. The molecule has 2 aromatic rings. The van der Waals surface area contributed by atoms with Crippen molar-refractivity contribution in [2.24, 2.45) is 0 Å². The molecule has 33 heavy (non-hydrogen) atoms. The molecule has 178 valence electrons. The molecule has 2 unspecified atom stereocenters. The van der Waals surface area contributed by atoms with Crippen molar-refractivity contribution in [3.05, 3.63) is 52.4 Å². The lowest BCUT2D eigenvalue weighted by molar-refractivity contribution is -0.133. The first kappa shape index (κ1) is 23.9. The molecule has 1 amide bonds. The zero-order valence-electron chi connectivity index (χ0n) is 19.5. The summed E-state index contributed by atoms with van der Waals surface area (Å²) in [6.45, 7) is 8.08. The van der Waals surface area contributed by atoms with Crippen molar-refractivity contribution in [3.8, 4) is 0 Å². The molecule has 7 nitrogen and oxygen atoms in total. The number of nitrogens with zero attached hydrogens (tertiary/aromatic N) is 4. The van der Waals surface area contributed by atoms with Gasteiger partial charge in [0, 0.05) is 49.0 Å². The monoisotopic (exact) mass is 471 g/mol. The number of aromatic nitrogens is 2. The molecule has 1 saturated heterocycles. The number of hydrogen-bond donors (Lipinski definition) is 2. The van der Waals surface area contributed by atoms with Gasteiger partial charge in [0.25, 0.3) is 0 Å². The smallest absolute Gasteiger partial charge is 0.230 e. The molecule has 2 aliphatic rings. The lowest BCUT2D eigenvalue weighted by atomic mass is 9.93. The van der Waals surface area contributed by atoms with Crippen LogP contribution in [0.1, 0.15) is 55.3 Å².